The molecular formula is C9H17NO2S. The summed E-state index contributed by atoms with van der Waals surface area (Å²) in [6.45, 7) is 7.76. The number of hydrogen-bond acceptors (Lipinski definition) is 3. The Morgan fingerprint density at radius 1 is 1.54 bits per heavy atom. The molecule has 0 saturated carbocycles. The van der Waals surface area contributed by atoms with Crippen LogP contribution in [0, 0.1) is 0 Å². The highest BCUT2D eigenvalue weighted by molar-refractivity contribution is 7.92. The van der Waals surface area contributed by atoms with E-state index in [-0.39, 0.29) is 5.25 Å². The summed E-state index contributed by atoms with van der Waals surface area (Å²) in [6, 6.07) is 0. The molecule has 0 bridgehead atoms. The summed E-state index contributed by atoms with van der Waals surface area (Å²) in [7, 11) is -2.83. The molecule has 1 aliphatic rings. The Morgan fingerprint density at radius 3 is 2.85 bits per heavy atom. The molecule has 0 N–H and O–H groups in total. The van der Waals surface area contributed by atoms with Crippen molar-refractivity contribution in [2.24, 2.45) is 0 Å². The molecular weight excluding hydrogens is 186 g/mol. The zero-order valence-corrected chi connectivity index (χ0v) is 8.89. The largest absolute Gasteiger partial charge is 0.299 e. The number of rotatable bonds is 2. The van der Waals surface area contributed by atoms with Gasteiger partial charge in [-0.3, -0.25) is 4.90 Å². The molecule has 13 heavy (non-hydrogen) atoms. The van der Waals surface area contributed by atoms with E-state index in [9.17, 15) is 8.42 Å². The van der Waals surface area contributed by atoms with E-state index in [4.69, 9.17) is 0 Å². The van der Waals surface area contributed by atoms with Gasteiger partial charge in [0.15, 0.2) is 9.84 Å². The molecule has 4 heteroatoms. The summed E-state index contributed by atoms with van der Waals surface area (Å²) < 4.78 is 23.0. The molecule has 0 amide bonds. The van der Waals surface area contributed by atoms with Crippen molar-refractivity contribution in [2.45, 2.75) is 18.6 Å². The Morgan fingerprint density at radius 2 is 2.23 bits per heavy atom. The molecule has 1 aliphatic heterocycles. The van der Waals surface area contributed by atoms with E-state index < -0.39 is 9.84 Å². The molecule has 1 fully saturated rings. The van der Waals surface area contributed by atoms with Gasteiger partial charge in [-0.25, -0.2) is 8.42 Å². The minimum atomic E-state index is -2.83. The van der Waals surface area contributed by atoms with Gasteiger partial charge < -0.3 is 0 Å². The van der Waals surface area contributed by atoms with E-state index in [0.29, 0.717) is 12.3 Å². The highest BCUT2D eigenvalue weighted by Gasteiger charge is 2.25. The zero-order chi connectivity index (χ0) is 9.90. The van der Waals surface area contributed by atoms with Gasteiger partial charge in [-0.2, -0.15) is 0 Å². The first-order chi connectivity index (χ1) is 6.06. The normalized spacial score (nSPS) is 29.5. The van der Waals surface area contributed by atoms with E-state index >= 15 is 0 Å². The fourth-order valence-corrected chi connectivity index (χ4v) is 2.86. The Hall–Kier alpha value is -0.350. The highest BCUT2D eigenvalue weighted by Crippen LogP contribution is 2.12. The quantitative estimate of drug-likeness (QED) is 0.619. The molecule has 0 spiro atoms. The minimum Gasteiger partial charge on any atom is -0.299 e. The average molecular weight is 203 g/mol. The maximum absolute atomic E-state index is 11.5. The van der Waals surface area contributed by atoms with Crippen LogP contribution in [0.4, 0.5) is 0 Å². The summed E-state index contributed by atoms with van der Waals surface area (Å²) in [5.74, 6) is 0.294. The topological polar surface area (TPSA) is 37.4 Å². The highest BCUT2D eigenvalue weighted by atomic mass is 32.2. The lowest BCUT2D eigenvalue weighted by atomic mass is 10.3. The maximum atomic E-state index is 11.5. The molecule has 0 aromatic rings. The SMILES string of the molecule is C=CCN1CCC(C)S(=O)(=O)CC1. The summed E-state index contributed by atoms with van der Waals surface area (Å²) in [5, 5.41) is -0.178. The summed E-state index contributed by atoms with van der Waals surface area (Å²) in [4.78, 5) is 2.13. The van der Waals surface area contributed by atoms with Crippen LogP contribution in [0.1, 0.15) is 13.3 Å². The first kappa shape index (κ1) is 10.7. The third kappa shape index (κ3) is 2.81. The molecule has 1 rings (SSSR count). The molecule has 1 unspecified atom stereocenters. The Labute approximate surface area is 80.3 Å². The molecule has 0 aromatic carbocycles. The molecule has 1 heterocycles. The van der Waals surface area contributed by atoms with E-state index in [2.05, 4.69) is 11.5 Å². The summed E-state index contributed by atoms with van der Waals surface area (Å²) in [6.07, 6.45) is 2.57. The Bertz CT molecular complexity index is 271. The third-order valence-corrected chi connectivity index (χ3v) is 4.76. The summed E-state index contributed by atoms with van der Waals surface area (Å²) >= 11 is 0. The molecule has 3 nitrogen and oxygen atoms in total. The van der Waals surface area contributed by atoms with Gasteiger partial charge >= 0.3 is 0 Å². The predicted molar refractivity (Wildman–Crippen MR) is 54.5 cm³/mol. The molecule has 1 atom stereocenters. The maximum Gasteiger partial charge on any atom is 0.154 e. The van der Waals surface area contributed by atoms with Crippen molar-refractivity contribution in [2.75, 3.05) is 25.4 Å². The van der Waals surface area contributed by atoms with Gasteiger partial charge in [0.25, 0.3) is 0 Å². The van der Waals surface area contributed by atoms with Gasteiger partial charge in [-0.05, 0) is 19.9 Å². The summed E-state index contributed by atoms with van der Waals surface area (Å²) in [5.41, 5.74) is 0. The van der Waals surface area contributed by atoms with Crippen molar-refractivity contribution in [3.63, 3.8) is 0 Å². The number of nitrogens with zero attached hydrogens (tertiary/aromatic N) is 1. The van der Waals surface area contributed by atoms with Gasteiger partial charge in [-0.1, -0.05) is 6.08 Å². The van der Waals surface area contributed by atoms with Crippen LogP contribution in [0.15, 0.2) is 12.7 Å². The van der Waals surface area contributed by atoms with Crippen LogP contribution < -0.4 is 0 Å². The van der Waals surface area contributed by atoms with Crippen molar-refractivity contribution in [3.8, 4) is 0 Å². The van der Waals surface area contributed by atoms with Gasteiger partial charge in [0.1, 0.15) is 0 Å². The Kier molecular flexibility index (Phi) is 3.50. The second kappa shape index (κ2) is 4.24. The van der Waals surface area contributed by atoms with Crippen LogP contribution >= 0.6 is 0 Å². The van der Waals surface area contributed by atoms with Crippen LogP contribution in [0.3, 0.4) is 0 Å². The molecule has 0 aromatic heterocycles. The third-order valence-electron chi connectivity index (χ3n) is 2.54. The second-order valence-electron chi connectivity index (χ2n) is 3.56. The number of hydrogen-bond donors (Lipinski definition) is 0. The van der Waals surface area contributed by atoms with Gasteiger partial charge in [0, 0.05) is 13.1 Å². The molecule has 0 radical (unpaired) electrons. The zero-order valence-electron chi connectivity index (χ0n) is 8.07. The van der Waals surface area contributed by atoms with Crippen LogP contribution in [-0.4, -0.2) is 44.0 Å². The molecule has 76 valence electrons. The van der Waals surface area contributed by atoms with E-state index in [0.717, 1.165) is 19.5 Å². The van der Waals surface area contributed by atoms with Crippen molar-refractivity contribution < 1.29 is 8.42 Å². The van der Waals surface area contributed by atoms with Crippen LogP contribution in [0.5, 0.6) is 0 Å². The second-order valence-corrected chi connectivity index (χ2v) is 6.09. The first-order valence-electron chi connectivity index (χ1n) is 4.61. The minimum absolute atomic E-state index is 0.178. The monoisotopic (exact) mass is 203 g/mol. The van der Waals surface area contributed by atoms with Crippen molar-refractivity contribution >= 4 is 9.84 Å². The van der Waals surface area contributed by atoms with Crippen molar-refractivity contribution in [3.05, 3.63) is 12.7 Å². The average Bonchev–Trinajstić information content (AvgIpc) is 2.19. The lowest BCUT2D eigenvalue weighted by Crippen LogP contribution is -2.27. The smallest absolute Gasteiger partial charge is 0.154 e. The first-order valence-corrected chi connectivity index (χ1v) is 6.32. The predicted octanol–water partition coefficient (Wildman–Crippen LogP) is 0.681. The number of sulfone groups is 1. The van der Waals surface area contributed by atoms with Gasteiger partial charge in [0.2, 0.25) is 0 Å². The lowest BCUT2D eigenvalue weighted by Gasteiger charge is -2.16. The van der Waals surface area contributed by atoms with Crippen LogP contribution in [0.2, 0.25) is 0 Å². The fourth-order valence-electron chi connectivity index (χ4n) is 1.48. The van der Waals surface area contributed by atoms with Gasteiger partial charge in [0.05, 0.1) is 11.0 Å². The molecule has 1 saturated heterocycles. The van der Waals surface area contributed by atoms with Gasteiger partial charge in [-0.15, -0.1) is 6.58 Å². The Balaban J connectivity index is 2.62. The van der Waals surface area contributed by atoms with Crippen molar-refractivity contribution in [1.29, 1.82) is 0 Å². The van der Waals surface area contributed by atoms with E-state index in [1.807, 2.05) is 6.08 Å². The standard InChI is InChI=1S/C9H17NO2S/c1-3-5-10-6-4-9(2)13(11,12)8-7-10/h3,9H,1,4-8H2,2H3. The fraction of sp³-hybridized carbons (Fsp3) is 0.778. The van der Waals surface area contributed by atoms with Crippen LogP contribution in [-0.2, 0) is 9.84 Å². The molecule has 0 aliphatic carbocycles. The van der Waals surface area contributed by atoms with Crippen LogP contribution in [0.25, 0.3) is 0 Å². The van der Waals surface area contributed by atoms with Crippen molar-refractivity contribution in [1.82, 2.24) is 4.90 Å². The lowest BCUT2D eigenvalue weighted by molar-refractivity contribution is 0.323. The van der Waals surface area contributed by atoms with E-state index in [1.165, 1.54) is 0 Å². The van der Waals surface area contributed by atoms with E-state index in [1.54, 1.807) is 6.92 Å².